The monoisotopic (exact) mass is 300 g/mol. The molecule has 2 fully saturated rings. The summed E-state index contributed by atoms with van der Waals surface area (Å²) in [6.07, 6.45) is 5.59. The van der Waals surface area contributed by atoms with Gasteiger partial charge in [0, 0.05) is 25.7 Å². The third-order valence-corrected chi connectivity index (χ3v) is 4.68. The van der Waals surface area contributed by atoms with E-state index in [9.17, 15) is 4.79 Å². The van der Waals surface area contributed by atoms with Crippen LogP contribution in [0.25, 0.3) is 6.08 Å². The van der Waals surface area contributed by atoms with Crippen LogP contribution in [0.4, 0.5) is 0 Å². The maximum atomic E-state index is 12.4. The number of hydrogen-bond donors (Lipinski definition) is 0. The van der Waals surface area contributed by atoms with Gasteiger partial charge in [-0.15, -0.1) is 0 Å². The summed E-state index contributed by atoms with van der Waals surface area (Å²) in [5.41, 5.74) is 0.930. The highest BCUT2D eigenvalue weighted by Gasteiger charge is 2.39. The van der Waals surface area contributed by atoms with Gasteiger partial charge in [0.05, 0.1) is 18.8 Å². The van der Waals surface area contributed by atoms with Crippen LogP contribution in [0.1, 0.15) is 18.4 Å². The SMILES string of the molecule is CN1CCC2(CC1)CN(C(=O)/C=C/c1ccccc1)CCO2. The molecule has 0 atom stereocenters. The summed E-state index contributed by atoms with van der Waals surface area (Å²) < 4.78 is 6.05. The lowest BCUT2D eigenvalue weighted by molar-refractivity contribution is -0.154. The molecular formula is C18H24N2O2. The van der Waals surface area contributed by atoms with Crippen LogP contribution >= 0.6 is 0 Å². The molecule has 2 heterocycles. The van der Waals surface area contributed by atoms with E-state index in [1.165, 1.54) is 0 Å². The topological polar surface area (TPSA) is 32.8 Å². The van der Waals surface area contributed by atoms with E-state index in [0.29, 0.717) is 13.2 Å². The second kappa shape index (κ2) is 6.63. The van der Waals surface area contributed by atoms with Gasteiger partial charge in [-0.1, -0.05) is 30.3 Å². The molecule has 4 nitrogen and oxygen atoms in total. The van der Waals surface area contributed by atoms with Crippen LogP contribution in [0, 0.1) is 0 Å². The summed E-state index contributed by atoms with van der Waals surface area (Å²) >= 11 is 0. The number of piperidine rings is 1. The minimum absolute atomic E-state index is 0.0884. The predicted octanol–water partition coefficient (Wildman–Crippen LogP) is 2.02. The zero-order valence-corrected chi connectivity index (χ0v) is 13.2. The molecule has 4 heteroatoms. The first-order valence-corrected chi connectivity index (χ1v) is 8.01. The Kier molecular flexibility index (Phi) is 4.60. The van der Waals surface area contributed by atoms with Gasteiger partial charge in [-0.25, -0.2) is 0 Å². The van der Waals surface area contributed by atoms with Gasteiger partial charge in [-0.2, -0.15) is 0 Å². The van der Waals surface area contributed by atoms with Gasteiger partial charge >= 0.3 is 0 Å². The van der Waals surface area contributed by atoms with Crippen LogP contribution in [0.5, 0.6) is 0 Å². The van der Waals surface area contributed by atoms with Crippen LogP contribution in [-0.4, -0.2) is 61.1 Å². The molecule has 2 aliphatic heterocycles. The summed E-state index contributed by atoms with van der Waals surface area (Å²) in [5.74, 6) is 0.0884. The molecule has 118 valence electrons. The summed E-state index contributed by atoms with van der Waals surface area (Å²) in [4.78, 5) is 16.7. The van der Waals surface area contributed by atoms with Crippen molar-refractivity contribution < 1.29 is 9.53 Å². The molecule has 2 saturated heterocycles. The van der Waals surface area contributed by atoms with Crippen molar-refractivity contribution >= 4 is 12.0 Å². The molecule has 22 heavy (non-hydrogen) atoms. The Hall–Kier alpha value is -1.65. The van der Waals surface area contributed by atoms with Crippen molar-refractivity contribution in [2.45, 2.75) is 18.4 Å². The number of amides is 1. The third kappa shape index (κ3) is 3.57. The quantitative estimate of drug-likeness (QED) is 0.784. The molecule has 0 N–H and O–H groups in total. The van der Waals surface area contributed by atoms with Crippen LogP contribution in [-0.2, 0) is 9.53 Å². The van der Waals surface area contributed by atoms with E-state index in [2.05, 4.69) is 11.9 Å². The molecule has 1 spiro atoms. The molecular weight excluding hydrogens is 276 g/mol. The number of benzene rings is 1. The Bertz CT molecular complexity index is 533. The molecule has 3 rings (SSSR count). The summed E-state index contributed by atoms with van der Waals surface area (Å²) in [5, 5.41) is 0. The maximum Gasteiger partial charge on any atom is 0.246 e. The molecule has 0 aliphatic carbocycles. The molecule has 0 aromatic heterocycles. The fraction of sp³-hybridized carbons (Fsp3) is 0.500. The summed E-state index contributed by atoms with van der Waals surface area (Å²) in [6.45, 7) is 4.15. The standard InChI is InChI=1S/C18H24N2O2/c1-19-11-9-18(10-12-19)15-20(13-14-22-18)17(21)8-7-16-5-3-2-4-6-16/h2-8H,9-15H2,1H3/b8-7+. The number of rotatable bonds is 2. The minimum Gasteiger partial charge on any atom is -0.371 e. The van der Waals surface area contributed by atoms with Gasteiger partial charge in [0.25, 0.3) is 0 Å². The molecule has 1 aromatic rings. The average Bonchev–Trinajstić information content (AvgIpc) is 2.57. The Morgan fingerprint density at radius 3 is 2.64 bits per heavy atom. The Balaban J connectivity index is 1.62. The lowest BCUT2D eigenvalue weighted by Gasteiger charge is -2.46. The van der Waals surface area contributed by atoms with Crippen molar-refractivity contribution in [3.63, 3.8) is 0 Å². The third-order valence-electron chi connectivity index (χ3n) is 4.68. The number of carbonyl (C=O) groups excluding carboxylic acids is 1. The van der Waals surface area contributed by atoms with E-state index in [4.69, 9.17) is 4.74 Å². The Labute approximate surface area is 132 Å². The lowest BCUT2D eigenvalue weighted by Crippen LogP contribution is -2.57. The number of ether oxygens (including phenoxy) is 1. The Morgan fingerprint density at radius 1 is 1.18 bits per heavy atom. The second-order valence-corrected chi connectivity index (χ2v) is 6.34. The first-order chi connectivity index (χ1) is 10.7. The molecule has 0 radical (unpaired) electrons. The average molecular weight is 300 g/mol. The predicted molar refractivity (Wildman–Crippen MR) is 87.5 cm³/mol. The molecule has 1 aromatic carbocycles. The largest absolute Gasteiger partial charge is 0.371 e. The molecule has 2 aliphatic rings. The Morgan fingerprint density at radius 2 is 1.91 bits per heavy atom. The molecule has 0 unspecified atom stereocenters. The van der Waals surface area contributed by atoms with Gasteiger partial charge in [0.15, 0.2) is 0 Å². The molecule has 1 amide bonds. The fourth-order valence-electron chi connectivity index (χ4n) is 3.20. The highest BCUT2D eigenvalue weighted by Crippen LogP contribution is 2.29. The normalized spacial score (nSPS) is 22.3. The van der Waals surface area contributed by atoms with Crippen LogP contribution in [0.3, 0.4) is 0 Å². The van der Waals surface area contributed by atoms with Crippen LogP contribution in [0.15, 0.2) is 36.4 Å². The van der Waals surface area contributed by atoms with Gasteiger partial charge in [0.1, 0.15) is 0 Å². The van der Waals surface area contributed by atoms with Crippen molar-refractivity contribution in [1.82, 2.24) is 9.80 Å². The van der Waals surface area contributed by atoms with Crippen molar-refractivity contribution in [3.05, 3.63) is 42.0 Å². The van der Waals surface area contributed by atoms with Crippen molar-refractivity contribution in [1.29, 1.82) is 0 Å². The molecule has 0 saturated carbocycles. The number of morpholine rings is 1. The first-order valence-electron chi connectivity index (χ1n) is 8.01. The second-order valence-electron chi connectivity index (χ2n) is 6.34. The number of nitrogens with zero attached hydrogens (tertiary/aromatic N) is 2. The van der Waals surface area contributed by atoms with E-state index in [1.54, 1.807) is 6.08 Å². The van der Waals surface area contributed by atoms with Crippen LogP contribution in [0.2, 0.25) is 0 Å². The fourth-order valence-corrected chi connectivity index (χ4v) is 3.20. The van der Waals surface area contributed by atoms with E-state index >= 15 is 0 Å². The first kappa shape index (κ1) is 15.3. The highest BCUT2D eigenvalue weighted by atomic mass is 16.5. The van der Waals surface area contributed by atoms with Crippen molar-refractivity contribution in [2.24, 2.45) is 0 Å². The van der Waals surface area contributed by atoms with Crippen molar-refractivity contribution in [3.8, 4) is 0 Å². The van der Waals surface area contributed by atoms with E-state index in [-0.39, 0.29) is 11.5 Å². The minimum atomic E-state index is -0.124. The number of carbonyl (C=O) groups is 1. The van der Waals surface area contributed by atoms with Gasteiger partial charge < -0.3 is 14.5 Å². The lowest BCUT2D eigenvalue weighted by atomic mass is 9.89. The number of likely N-dealkylation sites (tertiary alicyclic amines) is 1. The van der Waals surface area contributed by atoms with E-state index in [0.717, 1.165) is 38.0 Å². The van der Waals surface area contributed by atoms with Gasteiger partial charge in [0.2, 0.25) is 5.91 Å². The van der Waals surface area contributed by atoms with E-state index in [1.807, 2.05) is 41.3 Å². The maximum absolute atomic E-state index is 12.4. The zero-order valence-electron chi connectivity index (χ0n) is 13.2. The van der Waals surface area contributed by atoms with Gasteiger partial charge in [-0.3, -0.25) is 4.79 Å². The summed E-state index contributed by atoms with van der Waals surface area (Å²) in [7, 11) is 2.14. The zero-order chi connectivity index (χ0) is 15.4. The van der Waals surface area contributed by atoms with E-state index < -0.39 is 0 Å². The highest BCUT2D eigenvalue weighted by molar-refractivity contribution is 5.91. The van der Waals surface area contributed by atoms with Crippen molar-refractivity contribution in [2.75, 3.05) is 39.8 Å². The smallest absolute Gasteiger partial charge is 0.246 e. The van der Waals surface area contributed by atoms with Crippen LogP contribution < -0.4 is 0 Å². The number of hydrogen-bond acceptors (Lipinski definition) is 3. The summed E-state index contributed by atoms with van der Waals surface area (Å²) in [6, 6.07) is 9.94. The van der Waals surface area contributed by atoms with Gasteiger partial charge in [-0.05, 0) is 31.5 Å². The molecule has 0 bridgehead atoms.